The Labute approximate surface area is 141 Å². The van der Waals surface area contributed by atoms with Gasteiger partial charge >= 0.3 is 0 Å². The molecule has 0 radical (unpaired) electrons. The number of nitrogens with one attached hydrogen (secondary N) is 2. The summed E-state index contributed by atoms with van der Waals surface area (Å²) >= 11 is 0. The molecule has 2 N–H and O–H groups in total. The first kappa shape index (κ1) is 18.1. The molecule has 2 aromatic rings. The maximum atomic E-state index is 12.8. The highest BCUT2D eigenvalue weighted by molar-refractivity contribution is 7.89. The molecule has 0 saturated heterocycles. The van der Waals surface area contributed by atoms with Crippen molar-refractivity contribution in [2.75, 3.05) is 0 Å². The van der Waals surface area contributed by atoms with Gasteiger partial charge in [-0.25, -0.2) is 17.5 Å². The van der Waals surface area contributed by atoms with E-state index in [1.165, 1.54) is 36.4 Å². The first-order chi connectivity index (χ1) is 11.3. The summed E-state index contributed by atoms with van der Waals surface area (Å²) in [6, 6.07) is 11.3. The van der Waals surface area contributed by atoms with Crippen LogP contribution in [0.25, 0.3) is 0 Å². The molecule has 0 aliphatic heterocycles. The molecule has 1 amide bonds. The van der Waals surface area contributed by atoms with Crippen LogP contribution in [-0.2, 0) is 16.6 Å². The van der Waals surface area contributed by atoms with Crippen LogP contribution in [0.4, 0.5) is 4.39 Å². The van der Waals surface area contributed by atoms with Gasteiger partial charge in [0.05, 0.1) is 4.90 Å². The second-order valence-electron chi connectivity index (χ2n) is 5.61. The van der Waals surface area contributed by atoms with E-state index in [1.807, 2.05) is 0 Å². The summed E-state index contributed by atoms with van der Waals surface area (Å²) in [5.74, 6) is -0.669. The van der Waals surface area contributed by atoms with Crippen LogP contribution in [-0.4, -0.2) is 20.4 Å². The molecule has 2 rings (SSSR count). The fraction of sp³-hybridized carbons (Fsp3) is 0.235. The minimum Gasteiger partial charge on any atom is -0.348 e. The zero-order valence-electron chi connectivity index (χ0n) is 13.4. The number of rotatable bonds is 6. The minimum absolute atomic E-state index is 0.103. The molecule has 0 saturated carbocycles. The van der Waals surface area contributed by atoms with Gasteiger partial charge in [0.2, 0.25) is 10.0 Å². The topological polar surface area (TPSA) is 75.3 Å². The van der Waals surface area contributed by atoms with Gasteiger partial charge in [-0.05, 0) is 55.8 Å². The van der Waals surface area contributed by atoms with Gasteiger partial charge in [0.15, 0.2) is 0 Å². The zero-order chi connectivity index (χ0) is 17.7. The van der Waals surface area contributed by atoms with Gasteiger partial charge in [0.1, 0.15) is 5.82 Å². The Morgan fingerprint density at radius 1 is 1.04 bits per heavy atom. The molecule has 128 valence electrons. The molecule has 0 fully saturated rings. The van der Waals surface area contributed by atoms with Gasteiger partial charge in [-0.15, -0.1) is 0 Å². The van der Waals surface area contributed by atoms with Crippen LogP contribution in [0, 0.1) is 5.82 Å². The highest BCUT2D eigenvalue weighted by atomic mass is 32.2. The van der Waals surface area contributed by atoms with Crippen molar-refractivity contribution in [1.29, 1.82) is 0 Å². The molecular weight excluding hydrogens is 331 g/mol. The van der Waals surface area contributed by atoms with E-state index in [4.69, 9.17) is 0 Å². The number of hydrogen-bond acceptors (Lipinski definition) is 3. The lowest BCUT2D eigenvalue weighted by molar-refractivity contribution is 0.0951. The van der Waals surface area contributed by atoms with Crippen molar-refractivity contribution < 1.29 is 17.6 Å². The third kappa shape index (κ3) is 4.87. The Balaban J connectivity index is 2.02. The third-order valence-corrected chi connectivity index (χ3v) is 4.86. The molecule has 0 bridgehead atoms. The maximum Gasteiger partial charge on any atom is 0.251 e. The Kier molecular flexibility index (Phi) is 5.69. The number of benzene rings is 2. The standard InChI is InChI=1S/C17H19FN2O3S/c1-12(2)20-24(22,23)16-9-5-14(6-10-16)17(21)19-11-13-3-7-15(18)8-4-13/h3-10,12,20H,11H2,1-2H3,(H,19,21). The summed E-state index contributed by atoms with van der Waals surface area (Å²) < 4.78 is 39.3. The minimum atomic E-state index is -3.58. The second kappa shape index (κ2) is 7.55. The van der Waals surface area contributed by atoms with Crippen LogP contribution < -0.4 is 10.0 Å². The average molecular weight is 350 g/mol. The van der Waals surface area contributed by atoms with Gasteiger partial charge in [-0.3, -0.25) is 4.79 Å². The molecule has 5 nitrogen and oxygen atoms in total. The van der Waals surface area contributed by atoms with Crippen LogP contribution in [0.2, 0.25) is 0 Å². The lowest BCUT2D eigenvalue weighted by Gasteiger charge is -2.10. The molecule has 0 aliphatic rings. The van der Waals surface area contributed by atoms with Crippen LogP contribution >= 0.6 is 0 Å². The Bertz CT molecular complexity index is 801. The fourth-order valence-corrected chi connectivity index (χ4v) is 3.30. The van der Waals surface area contributed by atoms with E-state index >= 15 is 0 Å². The number of carbonyl (C=O) groups excluding carboxylic acids is 1. The molecule has 0 spiro atoms. The van der Waals surface area contributed by atoms with Crippen LogP contribution in [0.5, 0.6) is 0 Å². The Morgan fingerprint density at radius 3 is 2.17 bits per heavy atom. The van der Waals surface area contributed by atoms with E-state index in [-0.39, 0.29) is 29.2 Å². The van der Waals surface area contributed by atoms with Crippen molar-refractivity contribution in [3.05, 3.63) is 65.5 Å². The van der Waals surface area contributed by atoms with E-state index < -0.39 is 10.0 Å². The highest BCUT2D eigenvalue weighted by Crippen LogP contribution is 2.11. The van der Waals surface area contributed by atoms with Crippen molar-refractivity contribution in [2.45, 2.75) is 31.3 Å². The van der Waals surface area contributed by atoms with E-state index in [0.717, 1.165) is 5.56 Å². The zero-order valence-corrected chi connectivity index (χ0v) is 14.2. The van der Waals surface area contributed by atoms with Crippen LogP contribution in [0.3, 0.4) is 0 Å². The van der Waals surface area contributed by atoms with E-state index in [9.17, 15) is 17.6 Å². The van der Waals surface area contributed by atoms with Crippen molar-refractivity contribution in [1.82, 2.24) is 10.0 Å². The lowest BCUT2D eigenvalue weighted by Crippen LogP contribution is -2.30. The fourth-order valence-electron chi connectivity index (χ4n) is 2.05. The third-order valence-electron chi connectivity index (χ3n) is 3.18. The summed E-state index contributed by atoms with van der Waals surface area (Å²) in [5.41, 5.74) is 1.12. The van der Waals surface area contributed by atoms with Gasteiger partial charge in [0, 0.05) is 18.2 Å². The quantitative estimate of drug-likeness (QED) is 0.840. The molecule has 24 heavy (non-hydrogen) atoms. The number of halogens is 1. The molecule has 0 aliphatic carbocycles. The summed E-state index contributed by atoms with van der Waals surface area (Å²) in [5, 5.41) is 2.70. The van der Waals surface area contributed by atoms with Gasteiger partial charge < -0.3 is 5.32 Å². The van der Waals surface area contributed by atoms with Gasteiger partial charge in [0.25, 0.3) is 5.91 Å². The normalized spacial score (nSPS) is 11.5. The smallest absolute Gasteiger partial charge is 0.251 e. The number of carbonyl (C=O) groups is 1. The largest absolute Gasteiger partial charge is 0.348 e. The first-order valence-electron chi connectivity index (χ1n) is 7.43. The molecule has 0 unspecified atom stereocenters. The van der Waals surface area contributed by atoms with Crippen molar-refractivity contribution in [2.24, 2.45) is 0 Å². The maximum absolute atomic E-state index is 12.8. The molecule has 0 heterocycles. The molecular formula is C17H19FN2O3S. The summed E-state index contributed by atoms with van der Waals surface area (Å²) in [4.78, 5) is 12.2. The van der Waals surface area contributed by atoms with E-state index in [0.29, 0.717) is 5.56 Å². The summed E-state index contributed by atoms with van der Waals surface area (Å²) in [7, 11) is -3.58. The predicted molar refractivity (Wildman–Crippen MR) is 89.5 cm³/mol. The SMILES string of the molecule is CC(C)NS(=O)(=O)c1ccc(C(=O)NCc2ccc(F)cc2)cc1. The number of sulfonamides is 1. The van der Waals surface area contributed by atoms with E-state index in [2.05, 4.69) is 10.0 Å². The van der Waals surface area contributed by atoms with Crippen molar-refractivity contribution in [3.63, 3.8) is 0 Å². The Hall–Kier alpha value is -2.25. The lowest BCUT2D eigenvalue weighted by atomic mass is 10.2. The summed E-state index contributed by atoms with van der Waals surface area (Å²) in [6.45, 7) is 3.72. The highest BCUT2D eigenvalue weighted by Gasteiger charge is 2.15. The van der Waals surface area contributed by atoms with Gasteiger partial charge in [-0.2, -0.15) is 0 Å². The molecule has 0 aromatic heterocycles. The van der Waals surface area contributed by atoms with Crippen LogP contribution in [0.1, 0.15) is 29.8 Å². The van der Waals surface area contributed by atoms with E-state index in [1.54, 1.807) is 26.0 Å². The van der Waals surface area contributed by atoms with Crippen LogP contribution in [0.15, 0.2) is 53.4 Å². The number of hydrogen-bond donors (Lipinski definition) is 2. The molecule has 2 aromatic carbocycles. The second-order valence-corrected chi connectivity index (χ2v) is 7.32. The van der Waals surface area contributed by atoms with Crippen molar-refractivity contribution >= 4 is 15.9 Å². The molecule has 7 heteroatoms. The number of amides is 1. The van der Waals surface area contributed by atoms with Crippen molar-refractivity contribution in [3.8, 4) is 0 Å². The Morgan fingerprint density at radius 2 is 1.62 bits per heavy atom. The first-order valence-corrected chi connectivity index (χ1v) is 8.91. The monoisotopic (exact) mass is 350 g/mol. The van der Waals surface area contributed by atoms with Gasteiger partial charge in [-0.1, -0.05) is 12.1 Å². The average Bonchev–Trinajstić information content (AvgIpc) is 2.53. The molecule has 0 atom stereocenters. The summed E-state index contributed by atoms with van der Waals surface area (Å²) in [6.07, 6.45) is 0. The predicted octanol–water partition coefficient (Wildman–Crippen LogP) is 2.44.